The van der Waals surface area contributed by atoms with Crippen LogP contribution in [0.2, 0.25) is 5.02 Å². The van der Waals surface area contributed by atoms with Gasteiger partial charge in [0.1, 0.15) is 0 Å². The first-order chi connectivity index (χ1) is 12.5. The van der Waals surface area contributed by atoms with E-state index in [0.29, 0.717) is 35.5 Å². The molecule has 138 valence electrons. The number of benzene rings is 1. The molecular formula is C18H21ClN4O3. The number of aliphatic hydroxyl groups excluding tert-OH is 1. The minimum atomic E-state index is -0.614. The molecule has 2 aromatic rings. The van der Waals surface area contributed by atoms with E-state index in [4.69, 9.17) is 11.6 Å². The maximum atomic E-state index is 12.5. The lowest BCUT2D eigenvalue weighted by molar-refractivity contribution is 0.0872. The van der Waals surface area contributed by atoms with Gasteiger partial charge in [0.2, 0.25) is 0 Å². The summed E-state index contributed by atoms with van der Waals surface area (Å²) < 4.78 is 1.75. The zero-order valence-corrected chi connectivity index (χ0v) is 15.1. The largest absolute Gasteiger partial charge is 0.391 e. The second-order valence-electron chi connectivity index (χ2n) is 6.53. The van der Waals surface area contributed by atoms with E-state index in [9.17, 15) is 14.7 Å². The van der Waals surface area contributed by atoms with Gasteiger partial charge >= 0.3 is 0 Å². The number of carbonyl (C=O) groups is 2. The molecule has 1 unspecified atom stereocenters. The summed E-state index contributed by atoms with van der Waals surface area (Å²) >= 11 is 5.87. The monoisotopic (exact) mass is 376 g/mol. The molecule has 0 radical (unpaired) electrons. The number of aromatic nitrogens is 2. The fourth-order valence-corrected chi connectivity index (χ4v) is 3.48. The van der Waals surface area contributed by atoms with E-state index in [-0.39, 0.29) is 23.8 Å². The number of nitrogens with zero attached hydrogens (tertiary/aromatic N) is 2. The maximum absolute atomic E-state index is 12.5. The third-order valence-corrected chi connectivity index (χ3v) is 4.80. The fraction of sp³-hybridized carbons (Fsp3) is 0.389. The van der Waals surface area contributed by atoms with Gasteiger partial charge in [0.25, 0.3) is 11.8 Å². The minimum absolute atomic E-state index is 0.198. The number of nitrogens with one attached hydrogen (secondary N) is 2. The van der Waals surface area contributed by atoms with E-state index >= 15 is 0 Å². The number of rotatable bonds is 5. The highest BCUT2D eigenvalue weighted by Crippen LogP contribution is 2.28. The highest BCUT2D eigenvalue weighted by atomic mass is 35.5. The van der Waals surface area contributed by atoms with Crippen molar-refractivity contribution < 1.29 is 14.7 Å². The van der Waals surface area contributed by atoms with E-state index in [1.54, 1.807) is 41.3 Å². The van der Waals surface area contributed by atoms with Gasteiger partial charge in [-0.3, -0.25) is 14.3 Å². The zero-order chi connectivity index (χ0) is 18.7. The lowest BCUT2D eigenvalue weighted by atomic mass is 10.1. The summed E-state index contributed by atoms with van der Waals surface area (Å²) in [5, 5.41) is 20.4. The predicted molar refractivity (Wildman–Crippen MR) is 97.1 cm³/mol. The van der Waals surface area contributed by atoms with Crippen LogP contribution in [0, 0.1) is 5.92 Å². The van der Waals surface area contributed by atoms with Crippen molar-refractivity contribution in [3.8, 4) is 0 Å². The molecule has 1 aromatic carbocycles. The molecule has 1 saturated carbocycles. The molecule has 1 aliphatic carbocycles. The summed E-state index contributed by atoms with van der Waals surface area (Å²) in [6.45, 7) is 0.641. The lowest BCUT2D eigenvalue weighted by Crippen LogP contribution is -2.40. The summed E-state index contributed by atoms with van der Waals surface area (Å²) in [5.74, 6) is -0.357. The Morgan fingerprint density at radius 3 is 2.69 bits per heavy atom. The molecule has 3 N–H and O–H groups in total. The fourth-order valence-electron chi connectivity index (χ4n) is 3.32. The van der Waals surface area contributed by atoms with Crippen LogP contribution < -0.4 is 10.6 Å². The molecule has 26 heavy (non-hydrogen) atoms. The van der Waals surface area contributed by atoms with Crippen molar-refractivity contribution in [2.45, 2.75) is 31.5 Å². The molecular weight excluding hydrogens is 356 g/mol. The first-order valence-corrected chi connectivity index (χ1v) is 8.83. The van der Waals surface area contributed by atoms with Crippen molar-refractivity contribution in [2.75, 3.05) is 7.05 Å². The Labute approximate surface area is 156 Å². The molecule has 3 rings (SSSR count). The topological polar surface area (TPSA) is 96.3 Å². The van der Waals surface area contributed by atoms with Gasteiger partial charge in [-0.1, -0.05) is 17.7 Å². The predicted octanol–water partition coefficient (Wildman–Crippen LogP) is 1.47. The quantitative estimate of drug-likeness (QED) is 0.736. The Bertz CT molecular complexity index is 807. The SMILES string of the molecule is CNC(=O)c1cccc(C(=O)N[C@@H]2CC(Cn3cc(Cl)cn3)C[C@H]2O)c1. The van der Waals surface area contributed by atoms with Crippen molar-refractivity contribution >= 4 is 23.4 Å². The van der Waals surface area contributed by atoms with Crippen LogP contribution in [-0.4, -0.2) is 45.9 Å². The second kappa shape index (κ2) is 7.88. The highest BCUT2D eigenvalue weighted by molar-refractivity contribution is 6.30. The van der Waals surface area contributed by atoms with Crippen LogP contribution in [0.5, 0.6) is 0 Å². The molecule has 7 nitrogen and oxygen atoms in total. The van der Waals surface area contributed by atoms with Gasteiger partial charge in [-0.15, -0.1) is 0 Å². The smallest absolute Gasteiger partial charge is 0.251 e. The first kappa shape index (κ1) is 18.4. The van der Waals surface area contributed by atoms with Crippen LogP contribution in [0.15, 0.2) is 36.7 Å². The van der Waals surface area contributed by atoms with E-state index in [0.717, 1.165) is 0 Å². The standard InChI is InChI=1S/C18H21ClN4O3/c1-20-17(25)12-3-2-4-13(7-12)18(26)22-15-5-11(6-16(15)24)9-23-10-14(19)8-21-23/h2-4,7-8,10-11,15-16,24H,5-6,9H2,1H3,(H,20,25)(H,22,26)/t11?,15-,16-/m1/s1. The van der Waals surface area contributed by atoms with E-state index in [2.05, 4.69) is 15.7 Å². The average molecular weight is 377 g/mol. The normalized spacial score (nSPS) is 22.2. The van der Waals surface area contributed by atoms with E-state index in [1.165, 1.54) is 7.05 Å². The maximum Gasteiger partial charge on any atom is 0.251 e. The zero-order valence-electron chi connectivity index (χ0n) is 14.4. The lowest BCUT2D eigenvalue weighted by Gasteiger charge is -2.16. The van der Waals surface area contributed by atoms with Gasteiger partial charge in [-0.05, 0) is 37.0 Å². The summed E-state index contributed by atoms with van der Waals surface area (Å²) in [6.07, 6.45) is 3.94. The van der Waals surface area contributed by atoms with Crippen LogP contribution in [0.3, 0.4) is 0 Å². The van der Waals surface area contributed by atoms with Crippen molar-refractivity contribution in [2.24, 2.45) is 5.92 Å². The average Bonchev–Trinajstić information content (AvgIpc) is 3.19. The molecule has 0 bridgehead atoms. The van der Waals surface area contributed by atoms with Gasteiger partial charge in [0.05, 0.1) is 23.4 Å². The number of carbonyl (C=O) groups excluding carboxylic acids is 2. The summed E-state index contributed by atoms with van der Waals surface area (Å²) in [5.41, 5.74) is 0.807. The molecule has 1 fully saturated rings. The number of hydrogen-bond donors (Lipinski definition) is 3. The highest BCUT2D eigenvalue weighted by Gasteiger charge is 2.34. The van der Waals surface area contributed by atoms with Gasteiger partial charge in [-0.2, -0.15) is 5.10 Å². The number of amides is 2. The van der Waals surface area contributed by atoms with Crippen LogP contribution in [0.1, 0.15) is 33.6 Å². The second-order valence-corrected chi connectivity index (χ2v) is 6.96. The minimum Gasteiger partial charge on any atom is -0.391 e. The van der Waals surface area contributed by atoms with Crippen LogP contribution in [0.25, 0.3) is 0 Å². The van der Waals surface area contributed by atoms with Gasteiger partial charge < -0.3 is 15.7 Å². The molecule has 0 aliphatic heterocycles. The Balaban J connectivity index is 1.61. The molecule has 8 heteroatoms. The Morgan fingerprint density at radius 2 is 2.04 bits per heavy atom. The van der Waals surface area contributed by atoms with Crippen molar-refractivity contribution in [1.29, 1.82) is 0 Å². The summed E-state index contributed by atoms with van der Waals surface area (Å²) in [4.78, 5) is 24.2. The van der Waals surface area contributed by atoms with Crippen LogP contribution in [0.4, 0.5) is 0 Å². The molecule has 0 saturated heterocycles. The molecule has 1 aliphatic rings. The molecule has 1 heterocycles. The van der Waals surface area contributed by atoms with E-state index in [1.807, 2.05) is 0 Å². The van der Waals surface area contributed by atoms with Gasteiger partial charge in [0.15, 0.2) is 0 Å². The molecule has 1 aromatic heterocycles. The molecule has 2 amide bonds. The number of hydrogen-bond acceptors (Lipinski definition) is 4. The molecule has 0 spiro atoms. The molecule has 3 atom stereocenters. The number of aliphatic hydroxyl groups is 1. The Kier molecular flexibility index (Phi) is 5.58. The summed E-state index contributed by atoms with van der Waals surface area (Å²) in [6, 6.07) is 6.16. The first-order valence-electron chi connectivity index (χ1n) is 8.45. The van der Waals surface area contributed by atoms with Crippen LogP contribution in [-0.2, 0) is 6.54 Å². The summed E-state index contributed by atoms with van der Waals surface area (Å²) in [7, 11) is 1.54. The van der Waals surface area contributed by atoms with Crippen molar-refractivity contribution in [1.82, 2.24) is 20.4 Å². The van der Waals surface area contributed by atoms with Crippen molar-refractivity contribution in [3.63, 3.8) is 0 Å². The Hall–Kier alpha value is -2.38. The van der Waals surface area contributed by atoms with Crippen LogP contribution >= 0.6 is 11.6 Å². The third-order valence-electron chi connectivity index (χ3n) is 4.60. The third kappa shape index (κ3) is 4.23. The van der Waals surface area contributed by atoms with Crippen molar-refractivity contribution in [3.05, 3.63) is 52.8 Å². The van der Waals surface area contributed by atoms with Gasteiger partial charge in [-0.25, -0.2) is 0 Å². The van der Waals surface area contributed by atoms with E-state index < -0.39 is 6.10 Å². The van der Waals surface area contributed by atoms with Gasteiger partial charge in [0, 0.05) is 30.9 Å². The Morgan fingerprint density at radius 1 is 1.31 bits per heavy atom. The number of halogens is 1.